The topological polar surface area (TPSA) is 79.0 Å². The van der Waals surface area contributed by atoms with Crippen molar-refractivity contribution in [1.29, 1.82) is 5.26 Å². The molecule has 6 heteroatoms. The SMILES string of the molecule is N#Cc1cc(Br)ccc1NCCc1ccccc1[N+](=O)[O-]. The molecule has 106 valence electrons. The normalized spacial score (nSPS) is 9.90. The van der Waals surface area contributed by atoms with Crippen LogP contribution >= 0.6 is 15.9 Å². The van der Waals surface area contributed by atoms with Crippen LogP contribution in [0.1, 0.15) is 11.1 Å². The highest BCUT2D eigenvalue weighted by Gasteiger charge is 2.11. The second-order valence-corrected chi connectivity index (χ2v) is 5.28. The van der Waals surface area contributed by atoms with Crippen molar-refractivity contribution < 1.29 is 4.92 Å². The lowest BCUT2D eigenvalue weighted by Crippen LogP contribution is -2.07. The Morgan fingerprint density at radius 3 is 2.76 bits per heavy atom. The van der Waals surface area contributed by atoms with Gasteiger partial charge in [-0.1, -0.05) is 34.1 Å². The minimum Gasteiger partial charge on any atom is -0.384 e. The predicted octanol–water partition coefficient (Wildman–Crippen LogP) is 3.88. The highest BCUT2D eigenvalue weighted by atomic mass is 79.9. The molecular formula is C15H12BrN3O2. The number of nitrogens with one attached hydrogen (secondary N) is 1. The monoisotopic (exact) mass is 345 g/mol. The summed E-state index contributed by atoms with van der Waals surface area (Å²) in [5.41, 5.74) is 2.05. The Labute approximate surface area is 130 Å². The van der Waals surface area contributed by atoms with Gasteiger partial charge in [0.15, 0.2) is 0 Å². The maximum Gasteiger partial charge on any atom is 0.272 e. The van der Waals surface area contributed by atoms with Crippen LogP contribution in [-0.2, 0) is 6.42 Å². The van der Waals surface area contributed by atoms with Crippen LogP contribution in [0.25, 0.3) is 0 Å². The summed E-state index contributed by atoms with van der Waals surface area (Å²) in [5.74, 6) is 0. The van der Waals surface area contributed by atoms with Gasteiger partial charge in [0.05, 0.1) is 16.2 Å². The van der Waals surface area contributed by atoms with Crippen LogP contribution < -0.4 is 5.32 Å². The number of hydrogen-bond acceptors (Lipinski definition) is 4. The van der Waals surface area contributed by atoms with Crippen molar-refractivity contribution in [3.8, 4) is 6.07 Å². The van der Waals surface area contributed by atoms with E-state index in [2.05, 4.69) is 27.3 Å². The summed E-state index contributed by atoms with van der Waals surface area (Å²) in [6.07, 6.45) is 0.512. The first-order chi connectivity index (χ1) is 10.1. The first-order valence-electron chi connectivity index (χ1n) is 6.27. The van der Waals surface area contributed by atoms with E-state index >= 15 is 0 Å². The third kappa shape index (κ3) is 3.80. The van der Waals surface area contributed by atoms with Gasteiger partial charge in [0.2, 0.25) is 0 Å². The molecule has 1 N–H and O–H groups in total. The zero-order valence-electron chi connectivity index (χ0n) is 11.0. The van der Waals surface area contributed by atoms with Crippen LogP contribution in [0.4, 0.5) is 11.4 Å². The van der Waals surface area contributed by atoms with E-state index in [1.807, 2.05) is 12.1 Å². The van der Waals surface area contributed by atoms with Crippen LogP contribution in [-0.4, -0.2) is 11.5 Å². The second-order valence-electron chi connectivity index (χ2n) is 4.36. The maximum atomic E-state index is 10.9. The van der Waals surface area contributed by atoms with Crippen LogP contribution in [0, 0.1) is 21.4 Å². The number of nitrogens with zero attached hydrogens (tertiary/aromatic N) is 2. The Morgan fingerprint density at radius 1 is 1.29 bits per heavy atom. The number of hydrogen-bond donors (Lipinski definition) is 1. The second kappa shape index (κ2) is 6.86. The van der Waals surface area contributed by atoms with Gasteiger partial charge in [0.25, 0.3) is 5.69 Å². The van der Waals surface area contributed by atoms with E-state index in [0.29, 0.717) is 24.1 Å². The zero-order valence-corrected chi connectivity index (χ0v) is 12.6. The molecule has 0 saturated heterocycles. The third-order valence-electron chi connectivity index (χ3n) is 3.00. The molecule has 0 spiro atoms. The Morgan fingerprint density at radius 2 is 2.05 bits per heavy atom. The van der Waals surface area contributed by atoms with Crippen molar-refractivity contribution in [2.75, 3.05) is 11.9 Å². The van der Waals surface area contributed by atoms with E-state index in [9.17, 15) is 10.1 Å². The standard InChI is InChI=1S/C15H12BrN3O2/c16-13-5-6-14(12(9-13)10-17)18-8-7-11-3-1-2-4-15(11)19(20)21/h1-6,9,18H,7-8H2. The Bertz CT molecular complexity index is 710. The molecule has 0 heterocycles. The summed E-state index contributed by atoms with van der Waals surface area (Å²) in [6.45, 7) is 0.515. The van der Waals surface area contributed by atoms with Gasteiger partial charge in [-0.2, -0.15) is 5.26 Å². The van der Waals surface area contributed by atoms with Crippen molar-refractivity contribution in [3.05, 3.63) is 68.2 Å². The first kappa shape index (κ1) is 15.0. The van der Waals surface area contributed by atoms with E-state index in [-0.39, 0.29) is 10.6 Å². The Hall–Kier alpha value is -2.39. The molecular weight excluding hydrogens is 334 g/mol. The number of nitro benzene ring substituents is 1. The number of para-hydroxylation sites is 1. The van der Waals surface area contributed by atoms with Crippen molar-refractivity contribution in [2.45, 2.75) is 6.42 Å². The van der Waals surface area contributed by atoms with E-state index in [0.717, 1.165) is 10.2 Å². The molecule has 0 unspecified atom stereocenters. The third-order valence-corrected chi connectivity index (χ3v) is 3.49. The van der Waals surface area contributed by atoms with Crippen molar-refractivity contribution in [2.24, 2.45) is 0 Å². The molecule has 0 bridgehead atoms. The van der Waals surface area contributed by atoms with Crippen LogP contribution in [0.5, 0.6) is 0 Å². The number of nitro groups is 1. The zero-order chi connectivity index (χ0) is 15.2. The summed E-state index contributed by atoms with van der Waals surface area (Å²) in [4.78, 5) is 10.6. The summed E-state index contributed by atoms with van der Waals surface area (Å²) < 4.78 is 0.836. The van der Waals surface area contributed by atoms with Crippen molar-refractivity contribution >= 4 is 27.3 Å². The van der Waals surface area contributed by atoms with Crippen molar-refractivity contribution in [1.82, 2.24) is 0 Å². The molecule has 0 fully saturated rings. The average Bonchev–Trinajstić information content (AvgIpc) is 2.49. The molecule has 0 amide bonds. The van der Waals surface area contributed by atoms with Gasteiger partial charge in [-0.05, 0) is 24.6 Å². The number of rotatable bonds is 5. The quantitative estimate of drug-likeness (QED) is 0.658. The highest BCUT2D eigenvalue weighted by Crippen LogP contribution is 2.21. The van der Waals surface area contributed by atoms with Gasteiger partial charge >= 0.3 is 0 Å². The lowest BCUT2D eigenvalue weighted by molar-refractivity contribution is -0.385. The molecule has 21 heavy (non-hydrogen) atoms. The number of benzene rings is 2. The maximum absolute atomic E-state index is 10.9. The number of halogens is 1. The molecule has 0 radical (unpaired) electrons. The largest absolute Gasteiger partial charge is 0.384 e. The summed E-state index contributed by atoms with van der Waals surface area (Å²) in [5, 5.41) is 23.1. The molecule has 0 aliphatic rings. The number of anilines is 1. The van der Waals surface area contributed by atoms with Crippen LogP contribution in [0.3, 0.4) is 0 Å². The summed E-state index contributed by atoms with van der Waals surface area (Å²) >= 11 is 3.31. The minimum atomic E-state index is -0.379. The van der Waals surface area contributed by atoms with E-state index in [4.69, 9.17) is 5.26 Å². The van der Waals surface area contributed by atoms with Gasteiger partial charge in [0.1, 0.15) is 6.07 Å². The van der Waals surface area contributed by atoms with Gasteiger partial charge in [0, 0.05) is 22.6 Å². The fraction of sp³-hybridized carbons (Fsp3) is 0.133. The molecule has 0 aromatic heterocycles. The Kier molecular flexibility index (Phi) is 4.90. The molecule has 0 aliphatic carbocycles. The van der Waals surface area contributed by atoms with Crippen molar-refractivity contribution in [3.63, 3.8) is 0 Å². The van der Waals surface area contributed by atoms with Gasteiger partial charge in [-0.15, -0.1) is 0 Å². The lowest BCUT2D eigenvalue weighted by Gasteiger charge is -2.08. The molecule has 0 atom stereocenters. The molecule has 0 aliphatic heterocycles. The van der Waals surface area contributed by atoms with Gasteiger partial charge in [-0.25, -0.2) is 0 Å². The molecule has 2 rings (SSSR count). The fourth-order valence-corrected chi connectivity index (χ4v) is 2.36. The van der Waals surface area contributed by atoms with E-state index < -0.39 is 0 Å². The lowest BCUT2D eigenvalue weighted by atomic mass is 10.1. The highest BCUT2D eigenvalue weighted by molar-refractivity contribution is 9.10. The van der Waals surface area contributed by atoms with Gasteiger partial charge < -0.3 is 5.32 Å². The number of nitriles is 1. The molecule has 2 aromatic carbocycles. The fourth-order valence-electron chi connectivity index (χ4n) is 2.00. The van der Waals surface area contributed by atoms with Crippen LogP contribution in [0.15, 0.2) is 46.9 Å². The molecule has 5 nitrogen and oxygen atoms in total. The van der Waals surface area contributed by atoms with Crippen LogP contribution in [0.2, 0.25) is 0 Å². The van der Waals surface area contributed by atoms with Gasteiger partial charge in [-0.3, -0.25) is 10.1 Å². The summed E-state index contributed by atoms with van der Waals surface area (Å²) in [7, 11) is 0. The van der Waals surface area contributed by atoms with E-state index in [1.54, 1.807) is 24.3 Å². The van der Waals surface area contributed by atoms with E-state index in [1.165, 1.54) is 6.07 Å². The smallest absolute Gasteiger partial charge is 0.272 e. The first-order valence-corrected chi connectivity index (χ1v) is 7.07. The minimum absolute atomic E-state index is 0.121. The molecule has 0 saturated carbocycles. The predicted molar refractivity (Wildman–Crippen MR) is 84.1 cm³/mol. The Balaban J connectivity index is 2.06. The average molecular weight is 346 g/mol. The summed E-state index contributed by atoms with van der Waals surface area (Å²) in [6, 6.07) is 14.2. The molecule has 2 aromatic rings.